The fraction of sp³-hybridized carbons (Fsp3) is 0.333. The molecule has 0 fully saturated rings. The Hall–Kier alpha value is -1.64. The molecule has 2 rings (SSSR count). The summed E-state index contributed by atoms with van der Waals surface area (Å²) in [5.74, 6) is 0.0773. The van der Waals surface area contributed by atoms with Crippen LogP contribution in [0.3, 0.4) is 0 Å². The van der Waals surface area contributed by atoms with Gasteiger partial charge in [-0.3, -0.25) is 4.79 Å². The van der Waals surface area contributed by atoms with Gasteiger partial charge in [0.05, 0.1) is 0 Å². The SMILES string of the molecule is CCC(=O)C1=NO[C@@H](c2ccccc2)C1. The number of carbonyl (C=O) groups is 1. The summed E-state index contributed by atoms with van der Waals surface area (Å²) in [7, 11) is 0. The average Bonchev–Trinajstić information content (AvgIpc) is 2.78. The van der Waals surface area contributed by atoms with Gasteiger partial charge >= 0.3 is 0 Å². The van der Waals surface area contributed by atoms with Crippen LogP contribution in [0.15, 0.2) is 35.5 Å². The fourth-order valence-corrected chi connectivity index (χ4v) is 1.59. The summed E-state index contributed by atoms with van der Waals surface area (Å²) in [6, 6.07) is 9.84. The predicted octanol–water partition coefficient (Wildman–Crippen LogP) is 2.48. The minimum atomic E-state index is -0.0864. The van der Waals surface area contributed by atoms with Gasteiger partial charge in [0.15, 0.2) is 11.9 Å². The van der Waals surface area contributed by atoms with Gasteiger partial charge in [0, 0.05) is 12.8 Å². The van der Waals surface area contributed by atoms with E-state index in [-0.39, 0.29) is 11.9 Å². The number of hydrogen-bond acceptors (Lipinski definition) is 3. The lowest BCUT2D eigenvalue weighted by Crippen LogP contribution is -2.11. The van der Waals surface area contributed by atoms with Gasteiger partial charge in [-0.05, 0) is 5.56 Å². The fourth-order valence-electron chi connectivity index (χ4n) is 1.59. The molecule has 0 saturated carbocycles. The number of carbonyl (C=O) groups excluding carboxylic acids is 1. The van der Waals surface area contributed by atoms with Crippen molar-refractivity contribution in [2.24, 2.45) is 5.16 Å². The zero-order valence-corrected chi connectivity index (χ0v) is 8.64. The Bertz CT molecular complexity index is 384. The zero-order valence-electron chi connectivity index (χ0n) is 8.64. The first-order valence-corrected chi connectivity index (χ1v) is 5.12. The van der Waals surface area contributed by atoms with E-state index in [1.165, 1.54) is 0 Å². The highest BCUT2D eigenvalue weighted by Crippen LogP contribution is 2.27. The largest absolute Gasteiger partial charge is 0.387 e. The van der Waals surface area contributed by atoms with Crippen molar-refractivity contribution in [3.8, 4) is 0 Å². The summed E-state index contributed by atoms with van der Waals surface area (Å²) in [6.45, 7) is 1.83. The van der Waals surface area contributed by atoms with Gasteiger partial charge in [0.1, 0.15) is 5.71 Å². The Kier molecular flexibility index (Phi) is 2.81. The molecule has 78 valence electrons. The highest BCUT2D eigenvalue weighted by atomic mass is 16.6. The van der Waals surface area contributed by atoms with Crippen molar-refractivity contribution in [2.45, 2.75) is 25.9 Å². The van der Waals surface area contributed by atoms with Crippen molar-refractivity contribution in [1.29, 1.82) is 0 Å². The number of nitrogens with zero attached hydrogens (tertiary/aromatic N) is 1. The molecule has 0 bridgehead atoms. The summed E-state index contributed by atoms with van der Waals surface area (Å²) in [6.07, 6.45) is 0.997. The summed E-state index contributed by atoms with van der Waals surface area (Å²) in [5.41, 5.74) is 1.63. The van der Waals surface area contributed by atoms with Gasteiger partial charge in [0.2, 0.25) is 0 Å². The van der Waals surface area contributed by atoms with E-state index in [9.17, 15) is 4.79 Å². The zero-order chi connectivity index (χ0) is 10.7. The van der Waals surface area contributed by atoms with Crippen LogP contribution in [0, 0.1) is 0 Å². The molecule has 0 amide bonds. The molecule has 0 aromatic heterocycles. The van der Waals surface area contributed by atoms with Gasteiger partial charge in [0.25, 0.3) is 0 Å². The van der Waals surface area contributed by atoms with Gasteiger partial charge in [-0.1, -0.05) is 42.4 Å². The molecule has 0 radical (unpaired) electrons. The number of ketones is 1. The van der Waals surface area contributed by atoms with Crippen LogP contribution in [-0.4, -0.2) is 11.5 Å². The van der Waals surface area contributed by atoms with E-state index in [0.717, 1.165) is 5.56 Å². The van der Waals surface area contributed by atoms with Crippen LogP contribution in [0.4, 0.5) is 0 Å². The van der Waals surface area contributed by atoms with Crippen LogP contribution in [0.25, 0.3) is 0 Å². The quantitative estimate of drug-likeness (QED) is 0.757. The Morgan fingerprint density at radius 3 is 2.87 bits per heavy atom. The van der Waals surface area contributed by atoms with E-state index >= 15 is 0 Å². The highest BCUT2D eigenvalue weighted by molar-refractivity contribution is 6.40. The molecule has 1 aromatic rings. The first-order chi connectivity index (χ1) is 7.31. The maximum absolute atomic E-state index is 11.4. The van der Waals surface area contributed by atoms with E-state index in [0.29, 0.717) is 18.6 Å². The van der Waals surface area contributed by atoms with Gasteiger partial charge in [-0.2, -0.15) is 0 Å². The summed E-state index contributed by atoms with van der Waals surface area (Å²) in [4.78, 5) is 16.6. The van der Waals surface area contributed by atoms with Crippen LogP contribution in [0.1, 0.15) is 31.4 Å². The molecule has 1 aromatic carbocycles. The summed E-state index contributed by atoms with van der Waals surface area (Å²) in [5, 5.41) is 3.83. The van der Waals surface area contributed by atoms with E-state index in [2.05, 4.69) is 5.16 Å². The molecule has 1 aliphatic rings. The topological polar surface area (TPSA) is 38.7 Å². The van der Waals surface area contributed by atoms with E-state index in [1.54, 1.807) is 0 Å². The molecule has 0 aliphatic carbocycles. The van der Waals surface area contributed by atoms with E-state index in [4.69, 9.17) is 4.84 Å². The van der Waals surface area contributed by atoms with Crippen LogP contribution in [-0.2, 0) is 9.63 Å². The Morgan fingerprint density at radius 2 is 2.20 bits per heavy atom. The molecule has 15 heavy (non-hydrogen) atoms. The first kappa shape index (κ1) is 9.90. The molecule has 3 heteroatoms. The first-order valence-electron chi connectivity index (χ1n) is 5.12. The molecule has 1 atom stereocenters. The third-order valence-electron chi connectivity index (χ3n) is 2.48. The second-order valence-corrected chi connectivity index (χ2v) is 3.52. The van der Waals surface area contributed by atoms with E-state index < -0.39 is 0 Å². The maximum atomic E-state index is 11.4. The predicted molar refractivity (Wildman–Crippen MR) is 57.6 cm³/mol. The van der Waals surface area contributed by atoms with Gasteiger partial charge in [-0.15, -0.1) is 0 Å². The second-order valence-electron chi connectivity index (χ2n) is 3.52. The number of Topliss-reactive ketones (excluding diaryl/α,β-unsaturated/α-hetero) is 1. The number of benzene rings is 1. The molecule has 1 aliphatic heterocycles. The third kappa shape index (κ3) is 2.06. The normalized spacial score (nSPS) is 19.5. The van der Waals surface area contributed by atoms with Crippen molar-refractivity contribution in [2.75, 3.05) is 0 Å². The number of rotatable bonds is 3. The molecular weight excluding hydrogens is 190 g/mol. The monoisotopic (exact) mass is 203 g/mol. The van der Waals surface area contributed by atoms with Gasteiger partial charge in [-0.25, -0.2) is 0 Å². The summed E-state index contributed by atoms with van der Waals surface area (Å²) >= 11 is 0. The van der Waals surface area contributed by atoms with Crippen molar-refractivity contribution in [1.82, 2.24) is 0 Å². The minimum absolute atomic E-state index is 0.0773. The molecular formula is C12H13NO2. The van der Waals surface area contributed by atoms with Crippen molar-refractivity contribution in [3.05, 3.63) is 35.9 Å². The van der Waals surface area contributed by atoms with Gasteiger partial charge < -0.3 is 4.84 Å². The van der Waals surface area contributed by atoms with Crippen LogP contribution in [0.2, 0.25) is 0 Å². The maximum Gasteiger partial charge on any atom is 0.180 e. The molecule has 0 unspecified atom stereocenters. The third-order valence-corrected chi connectivity index (χ3v) is 2.48. The lowest BCUT2D eigenvalue weighted by molar-refractivity contribution is -0.112. The highest BCUT2D eigenvalue weighted by Gasteiger charge is 2.25. The van der Waals surface area contributed by atoms with Crippen LogP contribution in [0.5, 0.6) is 0 Å². The molecule has 0 spiro atoms. The smallest absolute Gasteiger partial charge is 0.180 e. The van der Waals surface area contributed by atoms with Crippen LogP contribution >= 0.6 is 0 Å². The molecule has 0 N–H and O–H groups in total. The second kappa shape index (κ2) is 4.26. The molecule has 0 saturated heterocycles. The van der Waals surface area contributed by atoms with Crippen molar-refractivity contribution < 1.29 is 9.63 Å². The molecule has 1 heterocycles. The lowest BCUT2D eigenvalue weighted by atomic mass is 10.0. The Balaban J connectivity index is 2.05. The minimum Gasteiger partial charge on any atom is -0.387 e. The average molecular weight is 203 g/mol. The molecule has 3 nitrogen and oxygen atoms in total. The van der Waals surface area contributed by atoms with E-state index in [1.807, 2.05) is 37.3 Å². The Labute approximate surface area is 88.7 Å². The lowest BCUT2D eigenvalue weighted by Gasteiger charge is -2.06. The van der Waals surface area contributed by atoms with Crippen LogP contribution < -0.4 is 0 Å². The van der Waals surface area contributed by atoms with Crippen molar-refractivity contribution in [3.63, 3.8) is 0 Å². The summed E-state index contributed by atoms with van der Waals surface area (Å²) < 4.78 is 0. The number of oxime groups is 1. The Morgan fingerprint density at radius 1 is 1.47 bits per heavy atom. The number of hydrogen-bond donors (Lipinski definition) is 0. The standard InChI is InChI=1S/C12H13NO2/c1-2-11(14)10-8-12(15-13-10)9-6-4-3-5-7-9/h3-7,12H,2,8H2,1H3/t12-/m1/s1. The van der Waals surface area contributed by atoms with Crippen molar-refractivity contribution >= 4 is 11.5 Å².